The van der Waals surface area contributed by atoms with Crippen molar-refractivity contribution in [3.63, 3.8) is 0 Å². The van der Waals surface area contributed by atoms with Crippen LogP contribution in [0.1, 0.15) is 30.4 Å². The van der Waals surface area contributed by atoms with Gasteiger partial charge in [-0.15, -0.1) is 0 Å². The van der Waals surface area contributed by atoms with Gasteiger partial charge in [0, 0.05) is 43.5 Å². The van der Waals surface area contributed by atoms with Gasteiger partial charge in [-0.1, -0.05) is 48.5 Å². The Morgan fingerprint density at radius 1 is 0.968 bits per heavy atom. The number of aromatic nitrogens is 2. The van der Waals surface area contributed by atoms with Crippen molar-refractivity contribution in [2.75, 3.05) is 18.4 Å². The number of aryl methyl sites for hydroxylation is 1. The zero-order valence-electron chi connectivity index (χ0n) is 17.6. The fourth-order valence-electron chi connectivity index (χ4n) is 4.03. The molecule has 1 saturated heterocycles. The third-order valence-corrected chi connectivity index (χ3v) is 5.86. The number of amides is 2. The summed E-state index contributed by atoms with van der Waals surface area (Å²) in [5, 5.41) is 7.35. The van der Waals surface area contributed by atoms with Gasteiger partial charge in [-0.05, 0) is 42.5 Å². The van der Waals surface area contributed by atoms with E-state index in [1.54, 1.807) is 6.20 Å². The predicted octanol–water partition coefficient (Wildman–Crippen LogP) is 3.74. The molecule has 6 nitrogen and oxygen atoms in total. The number of carbonyl (C=O) groups excluding carboxylic acids is 2. The van der Waals surface area contributed by atoms with E-state index >= 15 is 0 Å². The van der Waals surface area contributed by atoms with Crippen molar-refractivity contribution in [2.24, 2.45) is 5.92 Å². The monoisotopic (exact) mass is 416 g/mol. The Morgan fingerprint density at radius 3 is 2.45 bits per heavy atom. The van der Waals surface area contributed by atoms with Crippen LogP contribution in [0.3, 0.4) is 0 Å². The quantitative estimate of drug-likeness (QED) is 0.638. The zero-order chi connectivity index (χ0) is 21.5. The van der Waals surface area contributed by atoms with Crippen LogP contribution in [-0.4, -0.2) is 39.6 Å². The van der Waals surface area contributed by atoms with Gasteiger partial charge in [-0.25, -0.2) is 0 Å². The van der Waals surface area contributed by atoms with Gasteiger partial charge in [-0.3, -0.25) is 14.3 Å². The van der Waals surface area contributed by atoms with Gasteiger partial charge in [0.15, 0.2) is 0 Å². The molecule has 2 aromatic carbocycles. The molecule has 0 spiro atoms. The summed E-state index contributed by atoms with van der Waals surface area (Å²) in [6.07, 6.45) is 6.32. The minimum atomic E-state index is -0.0732. The SMILES string of the molecule is O=C(Nc1ccccc1Cn1cccn1)C1CCN(C(=O)CCc2ccccc2)CC1. The number of para-hydroxylation sites is 1. The normalized spacial score (nSPS) is 14.4. The molecule has 6 heteroatoms. The van der Waals surface area contributed by atoms with Crippen LogP contribution in [0.25, 0.3) is 0 Å². The standard InChI is InChI=1S/C25H28N4O2/c30-24(12-11-20-7-2-1-3-8-20)28-17-13-21(14-18-28)25(31)27-23-10-5-4-9-22(23)19-29-16-6-15-26-29/h1-10,15-16,21H,11-14,17-19H2,(H,27,31). The molecule has 4 rings (SSSR count). The molecule has 1 aliphatic rings. The molecule has 3 aromatic rings. The van der Waals surface area contributed by atoms with E-state index < -0.39 is 0 Å². The molecule has 0 atom stereocenters. The number of nitrogens with zero attached hydrogens (tertiary/aromatic N) is 3. The molecule has 1 aliphatic heterocycles. The lowest BCUT2D eigenvalue weighted by Gasteiger charge is -2.31. The maximum Gasteiger partial charge on any atom is 0.227 e. The fraction of sp³-hybridized carbons (Fsp3) is 0.320. The van der Waals surface area contributed by atoms with E-state index in [0.29, 0.717) is 38.9 Å². The van der Waals surface area contributed by atoms with Crippen LogP contribution in [-0.2, 0) is 22.6 Å². The summed E-state index contributed by atoms with van der Waals surface area (Å²) < 4.78 is 1.84. The number of anilines is 1. The van der Waals surface area contributed by atoms with E-state index in [4.69, 9.17) is 0 Å². The topological polar surface area (TPSA) is 67.2 Å². The number of likely N-dealkylation sites (tertiary alicyclic amines) is 1. The fourth-order valence-corrected chi connectivity index (χ4v) is 4.03. The minimum Gasteiger partial charge on any atom is -0.343 e. The molecular weight excluding hydrogens is 388 g/mol. The van der Waals surface area contributed by atoms with Gasteiger partial charge in [0.2, 0.25) is 11.8 Å². The van der Waals surface area contributed by atoms with Gasteiger partial charge in [-0.2, -0.15) is 5.10 Å². The molecular formula is C25H28N4O2. The van der Waals surface area contributed by atoms with Gasteiger partial charge in [0.1, 0.15) is 0 Å². The molecule has 31 heavy (non-hydrogen) atoms. The molecule has 1 N–H and O–H groups in total. The van der Waals surface area contributed by atoms with Crippen molar-refractivity contribution in [3.8, 4) is 0 Å². The van der Waals surface area contributed by atoms with Crippen molar-refractivity contribution < 1.29 is 9.59 Å². The van der Waals surface area contributed by atoms with E-state index in [1.807, 2.05) is 76.4 Å². The molecule has 160 valence electrons. The van der Waals surface area contributed by atoms with E-state index in [2.05, 4.69) is 10.4 Å². The van der Waals surface area contributed by atoms with E-state index in [-0.39, 0.29) is 17.7 Å². The smallest absolute Gasteiger partial charge is 0.227 e. The maximum atomic E-state index is 12.9. The number of benzene rings is 2. The van der Waals surface area contributed by atoms with Crippen LogP contribution in [0.5, 0.6) is 0 Å². The molecule has 2 amide bonds. The molecule has 0 bridgehead atoms. The molecule has 1 fully saturated rings. The van der Waals surface area contributed by atoms with Crippen LogP contribution in [0.2, 0.25) is 0 Å². The summed E-state index contributed by atoms with van der Waals surface area (Å²) >= 11 is 0. The van der Waals surface area contributed by atoms with Crippen LogP contribution in [0, 0.1) is 5.92 Å². The van der Waals surface area contributed by atoms with Gasteiger partial charge in [0.25, 0.3) is 0 Å². The predicted molar refractivity (Wildman–Crippen MR) is 120 cm³/mol. The first-order valence-corrected chi connectivity index (χ1v) is 10.9. The average Bonchev–Trinajstić information content (AvgIpc) is 3.33. The Morgan fingerprint density at radius 2 is 1.71 bits per heavy atom. The number of rotatable bonds is 7. The van der Waals surface area contributed by atoms with Crippen molar-refractivity contribution in [1.29, 1.82) is 0 Å². The summed E-state index contributed by atoms with van der Waals surface area (Å²) in [4.78, 5) is 27.3. The second-order valence-corrected chi connectivity index (χ2v) is 7.99. The highest BCUT2D eigenvalue weighted by Crippen LogP contribution is 2.22. The van der Waals surface area contributed by atoms with Crippen LogP contribution in [0.15, 0.2) is 73.1 Å². The molecule has 0 radical (unpaired) electrons. The van der Waals surface area contributed by atoms with E-state index in [9.17, 15) is 9.59 Å². The first kappa shape index (κ1) is 20.8. The first-order valence-electron chi connectivity index (χ1n) is 10.9. The van der Waals surface area contributed by atoms with Crippen LogP contribution in [0.4, 0.5) is 5.69 Å². The highest BCUT2D eigenvalue weighted by atomic mass is 16.2. The number of piperidine rings is 1. The summed E-state index contributed by atoms with van der Waals surface area (Å²) in [5.41, 5.74) is 3.02. The lowest BCUT2D eigenvalue weighted by atomic mass is 9.95. The third-order valence-electron chi connectivity index (χ3n) is 5.86. The van der Waals surface area contributed by atoms with E-state index in [0.717, 1.165) is 17.7 Å². The van der Waals surface area contributed by atoms with Gasteiger partial charge < -0.3 is 10.2 Å². The molecule has 2 heterocycles. The molecule has 0 unspecified atom stereocenters. The highest BCUT2D eigenvalue weighted by Gasteiger charge is 2.27. The molecule has 0 aliphatic carbocycles. The lowest BCUT2D eigenvalue weighted by molar-refractivity contribution is -0.134. The van der Waals surface area contributed by atoms with Crippen molar-refractivity contribution in [3.05, 3.63) is 84.2 Å². The Balaban J connectivity index is 1.27. The number of nitrogens with one attached hydrogen (secondary N) is 1. The number of hydrogen-bond acceptors (Lipinski definition) is 3. The number of hydrogen-bond donors (Lipinski definition) is 1. The Bertz CT molecular complexity index is 993. The van der Waals surface area contributed by atoms with Crippen molar-refractivity contribution in [1.82, 2.24) is 14.7 Å². The highest BCUT2D eigenvalue weighted by molar-refractivity contribution is 5.93. The third kappa shape index (κ3) is 5.60. The largest absolute Gasteiger partial charge is 0.343 e. The second-order valence-electron chi connectivity index (χ2n) is 7.99. The average molecular weight is 417 g/mol. The second kappa shape index (κ2) is 10.1. The zero-order valence-corrected chi connectivity index (χ0v) is 17.6. The number of carbonyl (C=O) groups is 2. The molecule has 0 saturated carbocycles. The minimum absolute atomic E-state index is 0.0318. The summed E-state index contributed by atoms with van der Waals surface area (Å²) in [7, 11) is 0. The van der Waals surface area contributed by atoms with E-state index in [1.165, 1.54) is 5.56 Å². The van der Waals surface area contributed by atoms with Crippen LogP contribution >= 0.6 is 0 Å². The summed E-state index contributed by atoms with van der Waals surface area (Å²) in [5.74, 6) is 0.132. The van der Waals surface area contributed by atoms with Crippen molar-refractivity contribution in [2.45, 2.75) is 32.2 Å². The van der Waals surface area contributed by atoms with Gasteiger partial charge >= 0.3 is 0 Å². The first-order chi connectivity index (χ1) is 15.2. The van der Waals surface area contributed by atoms with Crippen LogP contribution < -0.4 is 5.32 Å². The van der Waals surface area contributed by atoms with Crippen molar-refractivity contribution >= 4 is 17.5 Å². The molecule has 1 aromatic heterocycles. The summed E-state index contributed by atoms with van der Waals surface area (Å²) in [6, 6.07) is 19.8. The Hall–Kier alpha value is -3.41. The van der Waals surface area contributed by atoms with Gasteiger partial charge in [0.05, 0.1) is 6.54 Å². The maximum absolute atomic E-state index is 12.9. The Labute approximate surface area is 182 Å². The summed E-state index contributed by atoms with van der Waals surface area (Å²) in [6.45, 7) is 1.89. The lowest BCUT2D eigenvalue weighted by Crippen LogP contribution is -2.41. The Kier molecular flexibility index (Phi) is 6.77.